The fraction of sp³-hybridized carbons (Fsp3) is 0.133. The van der Waals surface area contributed by atoms with Crippen LogP contribution in [0.4, 0.5) is 15.8 Å². The predicted octanol–water partition coefficient (Wildman–Crippen LogP) is 2.77. The first-order chi connectivity index (χ1) is 10.2. The van der Waals surface area contributed by atoms with Crippen molar-refractivity contribution in [2.24, 2.45) is 5.10 Å². The molecule has 0 saturated carbocycles. The number of benzene rings is 1. The fourth-order valence-corrected chi connectivity index (χ4v) is 2.06. The van der Waals surface area contributed by atoms with Gasteiger partial charge in [-0.1, -0.05) is 0 Å². The first kappa shape index (κ1) is 13.2. The number of hydrogen-bond acceptors (Lipinski definition) is 4. The number of halogens is 1. The number of pyridine rings is 1. The molecule has 106 valence electrons. The predicted molar refractivity (Wildman–Crippen MR) is 78.7 cm³/mol. The Morgan fingerprint density at radius 2 is 2.00 bits per heavy atom. The van der Waals surface area contributed by atoms with E-state index < -0.39 is 0 Å². The zero-order valence-electron chi connectivity index (χ0n) is 11.1. The number of anilines is 2. The molecule has 1 aromatic carbocycles. The summed E-state index contributed by atoms with van der Waals surface area (Å²) in [6.45, 7) is 0. The molecule has 1 aromatic heterocycles. The van der Waals surface area contributed by atoms with Gasteiger partial charge in [0.15, 0.2) is 0 Å². The molecule has 5 nitrogen and oxygen atoms in total. The highest BCUT2D eigenvalue weighted by atomic mass is 19.1. The number of aromatic nitrogens is 1. The zero-order chi connectivity index (χ0) is 14.7. The van der Waals surface area contributed by atoms with Gasteiger partial charge in [0.05, 0.1) is 17.1 Å². The minimum absolute atomic E-state index is 0.0590. The van der Waals surface area contributed by atoms with Crippen molar-refractivity contribution < 1.29 is 9.18 Å². The van der Waals surface area contributed by atoms with Gasteiger partial charge < -0.3 is 5.32 Å². The van der Waals surface area contributed by atoms with E-state index in [1.54, 1.807) is 30.5 Å². The van der Waals surface area contributed by atoms with E-state index in [1.165, 1.54) is 12.1 Å². The van der Waals surface area contributed by atoms with Gasteiger partial charge in [0.2, 0.25) is 5.91 Å². The van der Waals surface area contributed by atoms with Crippen LogP contribution < -0.4 is 10.7 Å². The third kappa shape index (κ3) is 3.05. The molecule has 0 bridgehead atoms. The van der Waals surface area contributed by atoms with E-state index in [4.69, 9.17) is 0 Å². The van der Waals surface area contributed by atoms with Crippen LogP contribution in [0.1, 0.15) is 18.5 Å². The number of amides is 1. The second-order valence-electron chi connectivity index (χ2n) is 4.62. The summed E-state index contributed by atoms with van der Waals surface area (Å²) in [5.74, 6) is -0.360. The third-order valence-corrected chi connectivity index (χ3v) is 3.11. The highest BCUT2D eigenvalue weighted by molar-refractivity contribution is 6.10. The topological polar surface area (TPSA) is 66.4 Å². The molecule has 2 aromatic rings. The molecule has 0 aliphatic carbocycles. The monoisotopic (exact) mass is 284 g/mol. The maximum atomic E-state index is 12.9. The Morgan fingerprint density at radius 1 is 1.19 bits per heavy atom. The Labute approximate surface area is 120 Å². The quantitative estimate of drug-likeness (QED) is 0.833. The van der Waals surface area contributed by atoms with Crippen molar-refractivity contribution in [1.29, 1.82) is 0 Å². The molecule has 0 spiro atoms. The van der Waals surface area contributed by atoms with Gasteiger partial charge >= 0.3 is 0 Å². The molecular weight excluding hydrogens is 271 g/mol. The van der Waals surface area contributed by atoms with Gasteiger partial charge in [-0.15, -0.1) is 0 Å². The van der Waals surface area contributed by atoms with Gasteiger partial charge in [0.25, 0.3) is 0 Å². The van der Waals surface area contributed by atoms with E-state index in [9.17, 15) is 9.18 Å². The van der Waals surface area contributed by atoms with Crippen LogP contribution in [0.2, 0.25) is 0 Å². The number of hydrogen-bond donors (Lipinski definition) is 2. The smallest absolute Gasteiger partial charge is 0.224 e. The Hall–Kier alpha value is -2.76. The molecular formula is C15H13FN4O. The lowest BCUT2D eigenvalue weighted by Gasteiger charge is -2.07. The van der Waals surface area contributed by atoms with Crippen LogP contribution in [0.5, 0.6) is 0 Å². The largest absolute Gasteiger partial charge is 0.324 e. The molecule has 3 rings (SSSR count). The number of rotatable bonds is 2. The number of nitrogens with zero attached hydrogens (tertiary/aromatic N) is 2. The summed E-state index contributed by atoms with van der Waals surface area (Å²) in [7, 11) is 0. The molecule has 2 N–H and O–H groups in total. The molecule has 1 aliphatic rings. The van der Waals surface area contributed by atoms with E-state index >= 15 is 0 Å². The molecule has 1 amide bonds. The molecule has 0 saturated heterocycles. The van der Waals surface area contributed by atoms with E-state index in [0.717, 1.165) is 0 Å². The molecule has 0 atom stereocenters. The fourth-order valence-electron chi connectivity index (χ4n) is 2.06. The van der Waals surface area contributed by atoms with Gasteiger partial charge in [0.1, 0.15) is 11.5 Å². The minimum atomic E-state index is -0.301. The van der Waals surface area contributed by atoms with Crippen LogP contribution in [-0.2, 0) is 4.79 Å². The summed E-state index contributed by atoms with van der Waals surface area (Å²) in [4.78, 5) is 15.9. The van der Waals surface area contributed by atoms with Crippen molar-refractivity contribution in [3.8, 4) is 0 Å². The first-order valence-corrected chi connectivity index (χ1v) is 6.56. The average molecular weight is 284 g/mol. The van der Waals surface area contributed by atoms with Crippen molar-refractivity contribution in [2.45, 2.75) is 12.8 Å². The number of carbonyl (C=O) groups excluding carboxylic acids is 1. The summed E-state index contributed by atoms with van der Waals surface area (Å²) >= 11 is 0. The molecule has 6 heteroatoms. The second-order valence-corrected chi connectivity index (χ2v) is 4.62. The van der Waals surface area contributed by atoms with E-state index in [0.29, 0.717) is 35.6 Å². The number of fused-ring (bicyclic) bond motifs is 1. The summed E-state index contributed by atoms with van der Waals surface area (Å²) in [6, 6.07) is 9.45. The number of carbonyl (C=O) groups is 1. The standard InChI is InChI=1S/C15H13FN4O/c16-10-3-5-11(6-4-10)19-20-13-7-8-14(21)18-12-2-1-9-17-15(12)13/h1-6,9,19H,7-8H2,(H,18,21)/b20-13+. The maximum absolute atomic E-state index is 12.9. The Bertz CT molecular complexity index is 697. The average Bonchev–Trinajstić information content (AvgIpc) is 2.65. The van der Waals surface area contributed by atoms with Crippen LogP contribution in [0, 0.1) is 5.82 Å². The summed E-state index contributed by atoms with van der Waals surface area (Å²) in [5, 5.41) is 7.11. The zero-order valence-corrected chi connectivity index (χ0v) is 11.1. The van der Waals surface area contributed by atoms with Gasteiger partial charge in [-0.3, -0.25) is 15.2 Å². The maximum Gasteiger partial charge on any atom is 0.224 e. The molecule has 0 unspecified atom stereocenters. The Balaban J connectivity index is 1.88. The van der Waals surface area contributed by atoms with Gasteiger partial charge in [-0.25, -0.2) is 4.39 Å². The van der Waals surface area contributed by atoms with Crippen molar-refractivity contribution in [3.05, 3.63) is 54.1 Å². The van der Waals surface area contributed by atoms with Crippen molar-refractivity contribution >= 4 is 23.0 Å². The van der Waals surface area contributed by atoms with Gasteiger partial charge in [-0.2, -0.15) is 5.10 Å². The van der Waals surface area contributed by atoms with E-state index in [-0.39, 0.29) is 11.7 Å². The first-order valence-electron chi connectivity index (χ1n) is 6.56. The summed E-state index contributed by atoms with van der Waals surface area (Å²) in [6.07, 6.45) is 2.49. The van der Waals surface area contributed by atoms with Crippen LogP contribution >= 0.6 is 0 Å². The SMILES string of the molecule is O=C1CC/C(=N\Nc2ccc(F)cc2)c2ncccc2N1. The highest BCUT2D eigenvalue weighted by Crippen LogP contribution is 2.20. The summed E-state index contributed by atoms with van der Waals surface area (Å²) in [5.41, 5.74) is 5.53. The van der Waals surface area contributed by atoms with E-state index in [2.05, 4.69) is 20.8 Å². The second kappa shape index (κ2) is 5.70. The lowest BCUT2D eigenvalue weighted by atomic mass is 10.1. The van der Waals surface area contributed by atoms with Crippen LogP contribution in [0.15, 0.2) is 47.7 Å². The number of nitrogens with one attached hydrogen (secondary N) is 2. The molecule has 0 radical (unpaired) electrons. The number of hydrazone groups is 1. The molecule has 2 heterocycles. The lowest BCUT2D eigenvalue weighted by Crippen LogP contribution is -2.09. The van der Waals surface area contributed by atoms with Crippen LogP contribution in [-0.4, -0.2) is 16.6 Å². The Morgan fingerprint density at radius 3 is 2.81 bits per heavy atom. The van der Waals surface area contributed by atoms with Crippen molar-refractivity contribution in [1.82, 2.24) is 4.98 Å². The van der Waals surface area contributed by atoms with Crippen LogP contribution in [0.3, 0.4) is 0 Å². The normalized spacial score (nSPS) is 16.0. The van der Waals surface area contributed by atoms with E-state index in [1.807, 2.05) is 0 Å². The molecule has 0 fully saturated rings. The highest BCUT2D eigenvalue weighted by Gasteiger charge is 2.18. The summed E-state index contributed by atoms with van der Waals surface area (Å²) < 4.78 is 12.9. The third-order valence-electron chi connectivity index (χ3n) is 3.11. The van der Waals surface area contributed by atoms with Crippen molar-refractivity contribution in [2.75, 3.05) is 10.7 Å². The van der Waals surface area contributed by atoms with Gasteiger partial charge in [0, 0.05) is 19.0 Å². The van der Waals surface area contributed by atoms with Gasteiger partial charge in [-0.05, 0) is 36.4 Å². The minimum Gasteiger partial charge on any atom is -0.324 e. The van der Waals surface area contributed by atoms with Crippen molar-refractivity contribution in [3.63, 3.8) is 0 Å². The Kier molecular flexibility index (Phi) is 3.59. The molecule has 21 heavy (non-hydrogen) atoms. The lowest BCUT2D eigenvalue weighted by molar-refractivity contribution is -0.116. The van der Waals surface area contributed by atoms with Crippen LogP contribution in [0.25, 0.3) is 0 Å². The molecule has 1 aliphatic heterocycles.